The highest BCUT2D eigenvalue weighted by atomic mass is 32.1. The summed E-state index contributed by atoms with van der Waals surface area (Å²) in [6.45, 7) is 0. The molecule has 2 aromatic rings. The highest BCUT2D eigenvalue weighted by Gasteiger charge is 2.34. The van der Waals surface area contributed by atoms with Crippen molar-refractivity contribution in [1.29, 1.82) is 0 Å². The van der Waals surface area contributed by atoms with Crippen LogP contribution in [0.5, 0.6) is 0 Å². The number of aliphatic carboxylic acids is 1. The summed E-state index contributed by atoms with van der Waals surface area (Å²) in [5, 5.41) is 9.21. The van der Waals surface area contributed by atoms with E-state index in [-0.39, 0.29) is 12.1 Å². The van der Waals surface area contributed by atoms with Gasteiger partial charge in [-0.15, -0.1) is 11.3 Å². The van der Waals surface area contributed by atoms with Crippen LogP contribution in [0, 0.1) is 0 Å². The summed E-state index contributed by atoms with van der Waals surface area (Å²) >= 11 is 0.525. The number of alkyl halides is 3. The summed E-state index contributed by atoms with van der Waals surface area (Å²) < 4.78 is 37.3. The molecular formula is C14H10F3NO2S. The Bertz CT molecular complexity index is 677. The normalized spacial score (nSPS) is 12.0. The van der Waals surface area contributed by atoms with E-state index in [0.717, 1.165) is 0 Å². The fourth-order valence-corrected chi connectivity index (χ4v) is 2.34. The Kier molecular flexibility index (Phi) is 4.42. The zero-order valence-corrected chi connectivity index (χ0v) is 11.4. The molecule has 21 heavy (non-hydrogen) atoms. The van der Waals surface area contributed by atoms with Gasteiger partial charge in [-0.05, 0) is 17.2 Å². The molecule has 0 amide bonds. The fourth-order valence-electron chi connectivity index (χ4n) is 1.69. The second-order valence-electron chi connectivity index (χ2n) is 4.18. The lowest BCUT2D eigenvalue weighted by Crippen LogP contribution is -2.03. The van der Waals surface area contributed by atoms with Crippen molar-refractivity contribution in [2.75, 3.05) is 0 Å². The van der Waals surface area contributed by atoms with Crippen molar-refractivity contribution >= 4 is 29.5 Å². The third kappa shape index (κ3) is 4.16. The molecule has 0 spiro atoms. The number of halogens is 3. The van der Waals surface area contributed by atoms with E-state index in [0.29, 0.717) is 22.5 Å². The number of nitrogens with zero attached hydrogens (tertiary/aromatic N) is 1. The number of aromatic nitrogens is 1. The van der Waals surface area contributed by atoms with E-state index in [2.05, 4.69) is 4.98 Å². The molecular weight excluding hydrogens is 303 g/mol. The van der Waals surface area contributed by atoms with Crippen LogP contribution in [0.2, 0.25) is 0 Å². The largest absolute Gasteiger partial charge is 0.481 e. The lowest BCUT2D eigenvalue weighted by molar-refractivity contribution is -0.138. The maximum absolute atomic E-state index is 12.4. The van der Waals surface area contributed by atoms with Crippen molar-refractivity contribution in [2.24, 2.45) is 0 Å². The van der Waals surface area contributed by atoms with Gasteiger partial charge >= 0.3 is 12.1 Å². The third-order valence-corrected chi connectivity index (χ3v) is 3.50. The highest BCUT2D eigenvalue weighted by Crippen LogP contribution is 2.32. The second kappa shape index (κ2) is 6.09. The summed E-state index contributed by atoms with van der Waals surface area (Å²) in [7, 11) is 0. The number of carbonyl (C=O) groups is 1. The molecule has 0 fully saturated rings. The topological polar surface area (TPSA) is 50.2 Å². The number of hydrogen-bond acceptors (Lipinski definition) is 3. The maximum Gasteiger partial charge on any atom is 0.443 e. The monoisotopic (exact) mass is 313 g/mol. The molecule has 3 nitrogen and oxygen atoms in total. The van der Waals surface area contributed by atoms with Gasteiger partial charge in [0.1, 0.15) is 0 Å². The van der Waals surface area contributed by atoms with Crippen LogP contribution in [0.25, 0.3) is 12.2 Å². The van der Waals surface area contributed by atoms with Gasteiger partial charge in [-0.25, -0.2) is 4.98 Å². The molecule has 0 saturated carbocycles. The van der Waals surface area contributed by atoms with Crippen LogP contribution in [-0.2, 0) is 17.4 Å². The molecule has 2 rings (SSSR count). The predicted octanol–water partition coefficient (Wildman–Crippen LogP) is 3.96. The first-order chi connectivity index (χ1) is 9.86. The van der Waals surface area contributed by atoms with Gasteiger partial charge in [0.05, 0.1) is 12.1 Å². The Labute approximate surface area is 122 Å². The van der Waals surface area contributed by atoms with Crippen LogP contribution in [0.3, 0.4) is 0 Å². The molecule has 1 heterocycles. The molecule has 1 N–H and O–H groups in total. The van der Waals surface area contributed by atoms with Crippen LogP contribution in [0.1, 0.15) is 21.8 Å². The Balaban J connectivity index is 2.22. The van der Waals surface area contributed by atoms with E-state index in [1.165, 1.54) is 11.5 Å². The molecule has 0 atom stereocenters. The molecule has 0 aliphatic rings. The molecule has 0 bridgehead atoms. The van der Waals surface area contributed by atoms with Gasteiger partial charge in [0.2, 0.25) is 0 Å². The molecule has 0 aliphatic carbocycles. The smallest absolute Gasteiger partial charge is 0.443 e. The van der Waals surface area contributed by atoms with Gasteiger partial charge in [0.25, 0.3) is 0 Å². The average molecular weight is 313 g/mol. The standard InChI is InChI=1S/C14H10F3NO2S/c15-14(16,17)13-18-11(8-21-13)6-5-9-3-1-2-4-10(9)7-12(19)20/h1-6,8H,7H2,(H,19,20)/b6-5+. The van der Waals surface area contributed by atoms with Crippen molar-refractivity contribution in [2.45, 2.75) is 12.6 Å². The van der Waals surface area contributed by atoms with Gasteiger partial charge in [-0.2, -0.15) is 13.2 Å². The van der Waals surface area contributed by atoms with Gasteiger partial charge in [-0.1, -0.05) is 30.3 Å². The van der Waals surface area contributed by atoms with Gasteiger partial charge in [-0.3, -0.25) is 4.79 Å². The minimum Gasteiger partial charge on any atom is -0.481 e. The minimum absolute atomic E-state index is 0.147. The van der Waals surface area contributed by atoms with Gasteiger partial charge in [0.15, 0.2) is 5.01 Å². The Morgan fingerprint density at radius 3 is 2.62 bits per heavy atom. The van der Waals surface area contributed by atoms with Crippen molar-refractivity contribution < 1.29 is 23.1 Å². The Morgan fingerprint density at radius 2 is 2.00 bits per heavy atom. The van der Waals surface area contributed by atoms with E-state index in [1.54, 1.807) is 30.3 Å². The third-order valence-electron chi connectivity index (χ3n) is 2.59. The van der Waals surface area contributed by atoms with Crippen molar-refractivity contribution in [3.8, 4) is 0 Å². The number of hydrogen-bond donors (Lipinski definition) is 1. The Hall–Kier alpha value is -2.15. The predicted molar refractivity (Wildman–Crippen MR) is 73.8 cm³/mol. The van der Waals surface area contributed by atoms with E-state index < -0.39 is 17.2 Å². The van der Waals surface area contributed by atoms with Crippen molar-refractivity contribution in [3.05, 3.63) is 51.5 Å². The summed E-state index contributed by atoms with van der Waals surface area (Å²) in [4.78, 5) is 14.2. The highest BCUT2D eigenvalue weighted by molar-refractivity contribution is 7.09. The van der Waals surface area contributed by atoms with E-state index in [1.807, 2.05) is 0 Å². The first-order valence-corrected chi connectivity index (χ1v) is 6.75. The van der Waals surface area contributed by atoms with E-state index in [4.69, 9.17) is 5.11 Å². The maximum atomic E-state index is 12.4. The Morgan fingerprint density at radius 1 is 1.29 bits per heavy atom. The van der Waals surface area contributed by atoms with Gasteiger partial charge in [0, 0.05) is 5.38 Å². The first kappa shape index (κ1) is 15.2. The SMILES string of the molecule is O=C(O)Cc1ccccc1/C=C/c1csc(C(F)(F)F)n1. The minimum atomic E-state index is -4.45. The molecule has 0 saturated heterocycles. The lowest BCUT2D eigenvalue weighted by Gasteiger charge is -2.02. The molecule has 0 aliphatic heterocycles. The zero-order valence-electron chi connectivity index (χ0n) is 10.6. The van der Waals surface area contributed by atoms with Crippen LogP contribution < -0.4 is 0 Å². The molecule has 1 aromatic heterocycles. The van der Waals surface area contributed by atoms with Crippen molar-refractivity contribution in [3.63, 3.8) is 0 Å². The van der Waals surface area contributed by atoms with Crippen LogP contribution in [0.15, 0.2) is 29.6 Å². The summed E-state index contributed by atoms with van der Waals surface area (Å²) in [6, 6.07) is 6.80. The number of carboxylic acids is 1. The first-order valence-electron chi connectivity index (χ1n) is 5.87. The summed E-state index contributed by atoms with van der Waals surface area (Å²) in [6.07, 6.45) is -1.59. The zero-order chi connectivity index (χ0) is 15.5. The van der Waals surface area contributed by atoms with Gasteiger partial charge < -0.3 is 5.11 Å². The molecule has 0 unspecified atom stereocenters. The number of thiazole rings is 1. The molecule has 0 radical (unpaired) electrons. The summed E-state index contributed by atoms with van der Waals surface area (Å²) in [5.74, 6) is -0.969. The quantitative estimate of drug-likeness (QED) is 0.929. The lowest BCUT2D eigenvalue weighted by atomic mass is 10.0. The second-order valence-corrected chi connectivity index (χ2v) is 5.04. The number of carboxylic acid groups (broad SMARTS) is 1. The number of rotatable bonds is 4. The molecule has 1 aromatic carbocycles. The average Bonchev–Trinajstić information content (AvgIpc) is 2.86. The van der Waals surface area contributed by atoms with E-state index in [9.17, 15) is 18.0 Å². The molecule has 7 heteroatoms. The fraction of sp³-hybridized carbons (Fsp3) is 0.143. The van der Waals surface area contributed by atoms with Crippen LogP contribution in [0.4, 0.5) is 13.2 Å². The van der Waals surface area contributed by atoms with Crippen LogP contribution >= 0.6 is 11.3 Å². The van der Waals surface area contributed by atoms with Crippen LogP contribution in [-0.4, -0.2) is 16.1 Å². The number of benzene rings is 1. The van der Waals surface area contributed by atoms with Crippen molar-refractivity contribution in [1.82, 2.24) is 4.98 Å². The summed E-state index contributed by atoms with van der Waals surface area (Å²) in [5.41, 5.74) is 1.42. The van der Waals surface area contributed by atoms with E-state index >= 15 is 0 Å². The molecule has 110 valence electrons.